The number of hydrogen-bond donors (Lipinski definition) is 2. The number of carbonyl (C=O) groups excluding carboxylic acids is 1. The van der Waals surface area contributed by atoms with Gasteiger partial charge in [0.15, 0.2) is 0 Å². The maximum Gasteiger partial charge on any atom is 0.224 e. The van der Waals surface area contributed by atoms with Crippen LogP contribution in [0.2, 0.25) is 0 Å². The average molecular weight is 271 g/mol. The molecule has 1 aromatic carbocycles. The van der Waals surface area contributed by atoms with Gasteiger partial charge in [0.25, 0.3) is 0 Å². The van der Waals surface area contributed by atoms with Crippen LogP contribution in [0.25, 0.3) is 10.9 Å². The minimum absolute atomic E-state index is 0.0152. The number of nitrogens with one attached hydrogen (secondary N) is 1. The Morgan fingerprint density at radius 2 is 2.15 bits per heavy atom. The molecule has 4 heteroatoms. The van der Waals surface area contributed by atoms with Crippen molar-refractivity contribution in [1.29, 1.82) is 0 Å². The molecule has 0 spiro atoms. The second-order valence-electron chi connectivity index (χ2n) is 5.25. The largest absolute Gasteiger partial charge is 0.328 e. The van der Waals surface area contributed by atoms with Crippen molar-refractivity contribution in [2.24, 2.45) is 5.73 Å². The molecule has 1 amide bonds. The molecule has 3 N–H and O–H groups in total. The minimum atomic E-state index is 0.0152. The highest BCUT2D eigenvalue weighted by molar-refractivity contribution is 6.00. The van der Waals surface area contributed by atoms with Gasteiger partial charge in [-0.2, -0.15) is 0 Å². The highest BCUT2D eigenvalue weighted by Crippen LogP contribution is 2.22. The summed E-state index contributed by atoms with van der Waals surface area (Å²) in [6.07, 6.45) is 2.16. The summed E-state index contributed by atoms with van der Waals surface area (Å²) in [5.41, 5.74) is 8.24. The third-order valence-electron chi connectivity index (χ3n) is 3.20. The first-order valence-electron chi connectivity index (χ1n) is 6.98. The van der Waals surface area contributed by atoms with Crippen molar-refractivity contribution >= 4 is 22.5 Å². The number of rotatable bonds is 5. The van der Waals surface area contributed by atoms with Gasteiger partial charge in [-0.3, -0.25) is 9.78 Å². The van der Waals surface area contributed by atoms with Gasteiger partial charge in [0.1, 0.15) is 0 Å². The van der Waals surface area contributed by atoms with Gasteiger partial charge in [0.05, 0.1) is 11.2 Å². The maximum absolute atomic E-state index is 11.9. The maximum atomic E-state index is 11.9. The summed E-state index contributed by atoms with van der Waals surface area (Å²) in [5, 5.41) is 3.98. The second kappa shape index (κ2) is 6.48. The Balaban J connectivity index is 2.09. The average Bonchev–Trinajstić information content (AvgIpc) is 2.39. The highest BCUT2D eigenvalue weighted by atomic mass is 16.1. The lowest BCUT2D eigenvalue weighted by molar-refractivity contribution is -0.116. The van der Waals surface area contributed by atoms with Crippen molar-refractivity contribution in [3.63, 3.8) is 0 Å². The summed E-state index contributed by atoms with van der Waals surface area (Å²) in [7, 11) is 0. The molecule has 1 aromatic heterocycles. The molecule has 20 heavy (non-hydrogen) atoms. The molecule has 1 heterocycles. The van der Waals surface area contributed by atoms with Crippen LogP contribution >= 0.6 is 0 Å². The molecule has 0 saturated heterocycles. The quantitative estimate of drug-likeness (QED) is 0.878. The number of aromatic nitrogens is 1. The smallest absolute Gasteiger partial charge is 0.224 e. The van der Waals surface area contributed by atoms with E-state index >= 15 is 0 Å². The topological polar surface area (TPSA) is 68.0 Å². The fraction of sp³-hybridized carbons (Fsp3) is 0.375. The van der Waals surface area contributed by atoms with Gasteiger partial charge in [-0.25, -0.2) is 0 Å². The number of aryl methyl sites for hydroxylation is 1. The van der Waals surface area contributed by atoms with E-state index in [1.165, 1.54) is 0 Å². The molecule has 2 rings (SSSR count). The second-order valence-corrected chi connectivity index (χ2v) is 5.25. The number of hydrogen-bond acceptors (Lipinski definition) is 3. The number of carbonyl (C=O) groups is 1. The zero-order chi connectivity index (χ0) is 14.5. The summed E-state index contributed by atoms with van der Waals surface area (Å²) < 4.78 is 0. The number of amides is 1. The van der Waals surface area contributed by atoms with Crippen LogP contribution in [0.15, 0.2) is 30.3 Å². The van der Waals surface area contributed by atoms with E-state index in [0.717, 1.165) is 35.1 Å². The molecule has 0 radical (unpaired) electrons. The Morgan fingerprint density at radius 1 is 1.35 bits per heavy atom. The Labute approximate surface area is 119 Å². The van der Waals surface area contributed by atoms with Crippen molar-refractivity contribution < 1.29 is 4.79 Å². The molecular weight excluding hydrogens is 250 g/mol. The van der Waals surface area contributed by atoms with Gasteiger partial charge < -0.3 is 11.1 Å². The van der Waals surface area contributed by atoms with E-state index in [1.807, 2.05) is 44.2 Å². The Bertz CT molecular complexity index is 608. The van der Waals surface area contributed by atoms with E-state index in [1.54, 1.807) is 0 Å². The third kappa shape index (κ3) is 3.78. The zero-order valence-corrected chi connectivity index (χ0v) is 12.0. The summed E-state index contributed by atoms with van der Waals surface area (Å²) >= 11 is 0. The molecule has 0 saturated carbocycles. The number of nitrogens with zero attached hydrogens (tertiary/aromatic N) is 1. The molecule has 0 bridgehead atoms. The Morgan fingerprint density at radius 3 is 2.90 bits per heavy atom. The van der Waals surface area contributed by atoms with Gasteiger partial charge >= 0.3 is 0 Å². The van der Waals surface area contributed by atoms with Crippen LogP contribution in [0, 0.1) is 6.92 Å². The van der Waals surface area contributed by atoms with Crippen LogP contribution in [0.4, 0.5) is 5.69 Å². The first-order chi connectivity index (χ1) is 9.56. The van der Waals surface area contributed by atoms with Gasteiger partial charge in [-0.05, 0) is 38.8 Å². The Hall–Kier alpha value is -1.94. The number of para-hydroxylation sites is 1. The molecule has 4 nitrogen and oxygen atoms in total. The molecule has 0 aliphatic carbocycles. The van der Waals surface area contributed by atoms with Crippen molar-refractivity contribution in [1.82, 2.24) is 4.98 Å². The van der Waals surface area contributed by atoms with Gasteiger partial charge in [-0.1, -0.05) is 18.2 Å². The monoisotopic (exact) mass is 271 g/mol. The fourth-order valence-corrected chi connectivity index (χ4v) is 2.14. The van der Waals surface area contributed by atoms with E-state index in [-0.39, 0.29) is 11.9 Å². The van der Waals surface area contributed by atoms with Crippen molar-refractivity contribution in [2.45, 2.75) is 39.2 Å². The lowest BCUT2D eigenvalue weighted by atomic mass is 10.1. The number of anilines is 1. The van der Waals surface area contributed by atoms with Crippen LogP contribution < -0.4 is 11.1 Å². The summed E-state index contributed by atoms with van der Waals surface area (Å²) in [4.78, 5) is 16.4. The summed E-state index contributed by atoms with van der Waals surface area (Å²) in [6, 6.07) is 9.94. The normalized spacial score (nSPS) is 12.3. The molecular formula is C16H21N3O. The van der Waals surface area contributed by atoms with Crippen LogP contribution in [0.3, 0.4) is 0 Å². The molecule has 0 fully saturated rings. The SMILES string of the molecule is Cc1ccc2cccc(NC(=O)CCCC(C)N)c2n1. The predicted octanol–water partition coefficient (Wildman–Crippen LogP) is 3.00. The van der Waals surface area contributed by atoms with Crippen molar-refractivity contribution in [3.05, 3.63) is 36.0 Å². The van der Waals surface area contributed by atoms with Crippen molar-refractivity contribution in [3.8, 4) is 0 Å². The lowest BCUT2D eigenvalue weighted by Crippen LogP contribution is -2.17. The van der Waals surface area contributed by atoms with Gasteiger partial charge in [-0.15, -0.1) is 0 Å². The molecule has 106 valence electrons. The van der Waals surface area contributed by atoms with E-state index in [2.05, 4.69) is 10.3 Å². The van der Waals surface area contributed by atoms with Crippen LogP contribution in [0.5, 0.6) is 0 Å². The van der Waals surface area contributed by atoms with Gasteiger partial charge in [0.2, 0.25) is 5.91 Å². The Kier molecular flexibility index (Phi) is 4.69. The van der Waals surface area contributed by atoms with Crippen LogP contribution in [0.1, 0.15) is 31.9 Å². The molecule has 1 unspecified atom stereocenters. The van der Waals surface area contributed by atoms with E-state index in [4.69, 9.17) is 5.73 Å². The minimum Gasteiger partial charge on any atom is -0.328 e. The van der Waals surface area contributed by atoms with E-state index in [0.29, 0.717) is 6.42 Å². The molecule has 0 aliphatic rings. The van der Waals surface area contributed by atoms with Gasteiger partial charge in [0, 0.05) is 23.5 Å². The third-order valence-corrected chi connectivity index (χ3v) is 3.20. The standard InChI is InChI=1S/C16H21N3O/c1-11(17)5-3-8-15(20)19-14-7-4-6-13-10-9-12(2)18-16(13)14/h4,6-7,9-11H,3,5,8,17H2,1-2H3,(H,19,20). The lowest BCUT2D eigenvalue weighted by Gasteiger charge is -2.09. The summed E-state index contributed by atoms with van der Waals surface area (Å²) in [6.45, 7) is 3.90. The number of nitrogens with two attached hydrogens (primary N) is 1. The predicted molar refractivity (Wildman–Crippen MR) is 82.6 cm³/mol. The first-order valence-corrected chi connectivity index (χ1v) is 6.98. The van der Waals surface area contributed by atoms with E-state index < -0.39 is 0 Å². The van der Waals surface area contributed by atoms with Crippen LogP contribution in [-0.2, 0) is 4.79 Å². The molecule has 0 aliphatic heterocycles. The number of pyridine rings is 1. The highest BCUT2D eigenvalue weighted by Gasteiger charge is 2.07. The van der Waals surface area contributed by atoms with E-state index in [9.17, 15) is 4.79 Å². The first kappa shape index (κ1) is 14.5. The molecule has 2 aromatic rings. The van der Waals surface area contributed by atoms with Crippen LogP contribution in [-0.4, -0.2) is 16.9 Å². The number of benzene rings is 1. The van der Waals surface area contributed by atoms with Crippen molar-refractivity contribution in [2.75, 3.05) is 5.32 Å². The number of fused-ring (bicyclic) bond motifs is 1. The molecule has 1 atom stereocenters. The fourth-order valence-electron chi connectivity index (χ4n) is 2.14. The zero-order valence-electron chi connectivity index (χ0n) is 12.0. The summed E-state index contributed by atoms with van der Waals surface area (Å²) in [5.74, 6) is 0.0152.